The van der Waals surface area contributed by atoms with Crippen LogP contribution >= 0.6 is 0 Å². The first-order chi connectivity index (χ1) is 16.3. The van der Waals surface area contributed by atoms with Crippen molar-refractivity contribution in [3.05, 3.63) is 95.8 Å². The summed E-state index contributed by atoms with van der Waals surface area (Å²) in [5, 5.41) is 0. The SMILES string of the molecule is O=CC1O[C@H](c2ccccc2)CN1Cc1cccc(N2CCN(Cc3ccncc3)CC2)c1. The van der Waals surface area contributed by atoms with Gasteiger partial charge in [0.2, 0.25) is 0 Å². The maximum absolute atomic E-state index is 11.7. The zero-order chi connectivity index (χ0) is 22.5. The maximum atomic E-state index is 11.7. The molecule has 0 amide bonds. The van der Waals surface area contributed by atoms with Crippen LogP contribution in [0, 0.1) is 0 Å². The lowest BCUT2D eigenvalue weighted by atomic mass is 10.1. The van der Waals surface area contributed by atoms with Crippen molar-refractivity contribution in [1.82, 2.24) is 14.8 Å². The number of anilines is 1. The average Bonchev–Trinajstić information content (AvgIpc) is 3.29. The van der Waals surface area contributed by atoms with E-state index in [1.807, 2.05) is 30.6 Å². The van der Waals surface area contributed by atoms with Gasteiger partial charge in [0.25, 0.3) is 0 Å². The monoisotopic (exact) mass is 442 g/mol. The molecule has 0 aliphatic carbocycles. The molecule has 1 unspecified atom stereocenters. The number of aldehydes is 1. The predicted octanol–water partition coefficient (Wildman–Crippen LogP) is 3.50. The lowest BCUT2D eigenvalue weighted by Crippen LogP contribution is -2.46. The zero-order valence-electron chi connectivity index (χ0n) is 18.8. The highest BCUT2D eigenvalue weighted by molar-refractivity contribution is 5.56. The van der Waals surface area contributed by atoms with Gasteiger partial charge >= 0.3 is 0 Å². The van der Waals surface area contributed by atoms with Crippen molar-refractivity contribution < 1.29 is 9.53 Å². The van der Waals surface area contributed by atoms with Crippen molar-refractivity contribution in [2.24, 2.45) is 0 Å². The number of rotatable bonds is 7. The largest absolute Gasteiger partial charge is 0.369 e. The van der Waals surface area contributed by atoms with Gasteiger partial charge in [-0.25, -0.2) is 0 Å². The minimum atomic E-state index is -0.504. The molecule has 0 saturated carbocycles. The van der Waals surface area contributed by atoms with Crippen LogP contribution in [0.15, 0.2) is 79.1 Å². The predicted molar refractivity (Wildman–Crippen MR) is 129 cm³/mol. The highest BCUT2D eigenvalue weighted by atomic mass is 16.5. The summed E-state index contributed by atoms with van der Waals surface area (Å²) in [5.41, 5.74) is 4.88. The number of nitrogens with zero attached hydrogens (tertiary/aromatic N) is 4. The first-order valence-electron chi connectivity index (χ1n) is 11.6. The standard InChI is InChI=1S/C27H30N4O2/c32-21-27-31(20-26(33-27)24-6-2-1-3-7-24)19-23-5-4-8-25(17-23)30-15-13-29(14-16-30)18-22-9-11-28-12-10-22/h1-12,17,21,26-27H,13-16,18-20H2/t26-,27?/m0/s1. The molecule has 2 aliphatic rings. The van der Waals surface area contributed by atoms with Gasteiger partial charge in [-0.15, -0.1) is 0 Å². The lowest BCUT2D eigenvalue weighted by molar-refractivity contribution is -0.123. The van der Waals surface area contributed by atoms with Crippen LogP contribution in [0.3, 0.4) is 0 Å². The van der Waals surface area contributed by atoms with E-state index >= 15 is 0 Å². The van der Waals surface area contributed by atoms with E-state index in [1.54, 1.807) is 0 Å². The molecule has 6 nitrogen and oxygen atoms in total. The van der Waals surface area contributed by atoms with Gasteiger partial charge in [-0.05, 0) is 41.0 Å². The highest BCUT2D eigenvalue weighted by Crippen LogP contribution is 2.30. The second-order valence-corrected chi connectivity index (χ2v) is 8.78. The molecule has 2 saturated heterocycles. The van der Waals surface area contributed by atoms with Gasteiger partial charge in [0.1, 0.15) is 0 Å². The van der Waals surface area contributed by atoms with Gasteiger partial charge in [-0.1, -0.05) is 42.5 Å². The number of carbonyl (C=O) groups excluding carboxylic acids is 1. The normalized spacial score (nSPS) is 21.9. The fourth-order valence-electron chi connectivity index (χ4n) is 4.74. The summed E-state index contributed by atoms with van der Waals surface area (Å²) in [5.74, 6) is 0. The second kappa shape index (κ2) is 10.3. The van der Waals surface area contributed by atoms with E-state index in [-0.39, 0.29) is 6.10 Å². The number of pyridine rings is 1. The summed E-state index contributed by atoms with van der Waals surface area (Å²) in [6, 6.07) is 23.0. The van der Waals surface area contributed by atoms with E-state index in [0.29, 0.717) is 13.1 Å². The quantitative estimate of drug-likeness (QED) is 0.522. The number of benzene rings is 2. The van der Waals surface area contributed by atoms with Crippen LogP contribution in [-0.4, -0.2) is 60.0 Å². The summed E-state index contributed by atoms with van der Waals surface area (Å²) >= 11 is 0. The Kier molecular flexibility index (Phi) is 6.76. The molecule has 2 aliphatic heterocycles. The molecule has 0 N–H and O–H groups in total. The van der Waals surface area contributed by atoms with Crippen molar-refractivity contribution in [2.45, 2.75) is 25.4 Å². The molecule has 3 heterocycles. The molecule has 33 heavy (non-hydrogen) atoms. The van der Waals surface area contributed by atoms with E-state index in [4.69, 9.17) is 4.74 Å². The lowest BCUT2D eigenvalue weighted by Gasteiger charge is -2.36. The molecule has 2 aromatic carbocycles. The van der Waals surface area contributed by atoms with Gasteiger partial charge in [0, 0.05) is 63.9 Å². The van der Waals surface area contributed by atoms with E-state index in [1.165, 1.54) is 16.8 Å². The minimum absolute atomic E-state index is 0.0712. The first-order valence-corrected chi connectivity index (χ1v) is 11.6. The van der Waals surface area contributed by atoms with Crippen LogP contribution in [-0.2, 0) is 22.6 Å². The maximum Gasteiger partial charge on any atom is 0.168 e. The van der Waals surface area contributed by atoms with Crippen LogP contribution < -0.4 is 4.90 Å². The second-order valence-electron chi connectivity index (χ2n) is 8.78. The molecule has 170 valence electrons. The molecule has 2 atom stereocenters. The first kappa shape index (κ1) is 21.8. The zero-order valence-corrected chi connectivity index (χ0v) is 18.8. The summed E-state index contributed by atoms with van der Waals surface area (Å²) in [6.45, 7) is 6.48. The summed E-state index contributed by atoms with van der Waals surface area (Å²) in [7, 11) is 0. The minimum Gasteiger partial charge on any atom is -0.369 e. The van der Waals surface area contributed by atoms with Crippen LogP contribution in [0.1, 0.15) is 22.8 Å². The molecule has 0 radical (unpaired) electrons. The third-order valence-electron chi connectivity index (χ3n) is 6.54. The number of carbonyl (C=O) groups is 1. The number of hydrogen-bond acceptors (Lipinski definition) is 6. The molecule has 6 heteroatoms. The molecular weight excluding hydrogens is 412 g/mol. The molecule has 0 bridgehead atoms. The Balaban J connectivity index is 1.19. The Morgan fingerprint density at radius 3 is 2.42 bits per heavy atom. The van der Waals surface area contributed by atoms with Gasteiger partial charge in [0.05, 0.1) is 6.10 Å². The fraction of sp³-hybridized carbons (Fsp3) is 0.333. The van der Waals surface area contributed by atoms with Gasteiger partial charge in [-0.2, -0.15) is 0 Å². The van der Waals surface area contributed by atoms with Crippen molar-refractivity contribution in [2.75, 3.05) is 37.6 Å². The molecular formula is C27H30N4O2. The summed E-state index contributed by atoms with van der Waals surface area (Å²) in [4.78, 5) is 22.9. The smallest absolute Gasteiger partial charge is 0.168 e. The van der Waals surface area contributed by atoms with E-state index in [9.17, 15) is 4.79 Å². The van der Waals surface area contributed by atoms with Crippen LogP contribution in [0.5, 0.6) is 0 Å². The van der Waals surface area contributed by atoms with Gasteiger partial charge in [-0.3, -0.25) is 19.6 Å². The van der Waals surface area contributed by atoms with Gasteiger partial charge in [0.15, 0.2) is 12.5 Å². The molecule has 3 aromatic rings. The van der Waals surface area contributed by atoms with Crippen molar-refractivity contribution in [3.8, 4) is 0 Å². The Labute approximate surface area is 195 Å². The van der Waals surface area contributed by atoms with Crippen molar-refractivity contribution in [3.63, 3.8) is 0 Å². The van der Waals surface area contributed by atoms with E-state index in [2.05, 4.69) is 68.2 Å². The Hall–Kier alpha value is -3.06. The van der Waals surface area contributed by atoms with Crippen molar-refractivity contribution in [1.29, 1.82) is 0 Å². The number of ether oxygens (including phenoxy) is 1. The fourth-order valence-corrected chi connectivity index (χ4v) is 4.74. The molecule has 2 fully saturated rings. The van der Waals surface area contributed by atoms with Crippen LogP contribution in [0.4, 0.5) is 5.69 Å². The Morgan fingerprint density at radius 2 is 1.67 bits per heavy atom. The van der Waals surface area contributed by atoms with Crippen LogP contribution in [0.25, 0.3) is 0 Å². The average molecular weight is 443 g/mol. The number of piperazine rings is 1. The summed E-state index contributed by atoms with van der Waals surface area (Å²) in [6.07, 6.45) is 4.06. The van der Waals surface area contributed by atoms with Crippen molar-refractivity contribution >= 4 is 12.0 Å². The summed E-state index contributed by atoms with van der Waals surface area (Å²) < 4.78 is 6.03. The number of aromatic nitrogens is 1. The number of hydrogen-bond donors (Lipinski definition) is 0. The van der Waals surface area contributed by atoms with Gasteiger partial charge < -0.3 is 9.64 Å². The molecule has 0 spiro atoms. The van der Waals surface area contributed by atoms with E-state index < -0.39 is 6.23 Å². The van der Waals surface area contributed by atoms with Crippen LogP contribution in [0.2, 0.25) is 0 Å². The topological polar surface area (TPSA) is 48.9 Å². The molecule has 5 rings (SSSR count). The molecule has 1 aromatic heterocycles. The Morgan fingerprint density at radius 1 is 0.879 bits per heavy atom. The van der Waals surface area contributed by atoms with E-state index in [0.717, 1.165) is 44.6 Å². The third kappa shape index (κ3) is 5.30. The third-order valence-corrected chi connectivity index (χ3v) is 6.54. The Bertz CT molecular complexity index is 1040. The highest BCUT2D eigenvalue weighted by Gasteiger charge is 2.33.